The van der Waals surface area contributed by atoms with Crippen molar-refractivity contribution in [2.24, 2.45) is 5.92 Å². The third-order valence-electron chi connectivity index (χ3n) is 2.12. The Morgan fingerprint density at radius 2 is 2.18 bits per heavy atom. The molecule has 0 radical (unpaired) electrons. The van der Waals surface area contributed by atoms with Crippen LogP contribution in [-0.4, -0.2) is 29.7 Å². The van der Waals surface area contributed by atoms with Gasteiger partial charge in [-0.25, -0.2) is 0 Å². The highest BCUT2D eigenvalue weighted by Gasteiger charge is 2.14. The molecule has 0 aliphatic rings. The first-order chi connectivity index (χ1) is 7.67. The third kappa shape index (κ3) is 5.43. The summed E-state index contributed by atoms with van der Waals surface area (Å²) >= 11 is 1.45. The second-order valence-corrected chi connectivity index (χ2v) is 4.76. The van der Waals surface area contributed by atoms with Gasteiger partial charge in [0.1, 0.15) is 5.01 Å². The number of carbonyl (C=O) groups excluding carboxylic acids is 1. The number of rotatable bonds is 6. The van der Waals surface area contributed by atoms with Gasteiger partial charge in [0.25, 0.3) is 0 Å². The fraction of sp³-hybridized carbons (Fsp3) is 0.700. The van der Waals surface area contributed by atoms with Gasteiger partial charge in [0.15, 0.2) is 0 Å². The summed E-state index contributed by atoms with van der Waals surface area (Å²) in [4.78, 5) is 11.7. The van der Waals surface area contributed by atoms with Crippen LogP contribution in [-0.2, 0) is 11.2 Å². The van der Waals surface area contributed by atoms with Crippen molar-refractivity contribution in [3.8, 4) is 0 Å². The molecule has 1 unspecified atom stereocenters. The molecule has 0 bridgehead atoms. The van der Waals surface area contributed by atoms with Crippen LogP contribution < -0.4 is 10.6 Å². The number of aromatic nitrogens is 2. The minimum atomic E-state index is -0.0662. The lowest BCUT2D eigenvalue weighted by Crippen LogP contribution is -2.28. The van der Waals surface area contributed by atoms with Crippen LogP contribution >= 0.6 is 23.7 Å². The predicted molar refractivity (Wildman–Crippen MR) is 72.9 cm³/mol. The second-order valence-electron chi connectivity index (χ2n) is 3.70. The SMILES string of the molecule is CCCc1nnc(NC(=O)C(C)CNC)s1.Cl. The largest absolute Gasteiger partial charge is 0.319 e. The number of hydrogen-bond acceptors (Lipinski definition) is 5. The standard InChI is InChI=1S/C10H18N4OS.ClH/c1-4-5-8-13-14-10(16-8)12-9(15)7(2)6-11-3;/h7,11H,4-6H2,1-3H3,(H,12,14,15);1H. The number of aryl methyl sites for hydroxylation is 1. The molecule has 5 nitrogen and oxygen atoms in total. The van der Waals surface area contributed by atoms with Gasteiger partial charge in [0.2, 0.25) is 11.0 Å². The van der Waals surface area contributed by atoms with Crippen molar-refractivity contribution in [1.29, 1.82) is 0 Å². The fourth-order valence-corrected chi connectivity index (χ4v) is 2.09. The van der Waals surface area contributed by atoms with Crippen molar-refractivity contribution >= 4 is 34.8 Å². The summed E-state index contributed by atoms with van der Waals surface area (Å²) in [5.74, 6) is -0.0860. The summed E-state index contributed by atoms with van der Waals surface area (Å²) in [5, 5.41) is 15.2. The van der Waals surface area contributed by atoms with Gasteiger partial charge in [-0.2, -0.15) is 0 Å². The molecule has 17 heavy (non-hydrogen) atoms. The van der Waals surface area contributed by atoms with E-state index in [4.69, 9.17) is 0 Å². The van der Waals surface area contributed by atoms with Crippen LogP contribution in [0.3, 0.4) is 0 Å². The van der Waals surface area contributed by atoms with Gasteiger partial charge in [0, 0.05) is 18.9 Å². The van der Waals surface area contributed by atoms with Crippen LogP contribution in [0.15, 0.2) is 0 Å². The van der Waals surface area contributed by atoms with E-state index in [0.717, 1.165) is 17.8 Å². The number of nitrogens with zero attached hydrogens (tertiary/aromatic N) is 2. The summed E-state index contributed by atoms with van der Waals surface area (Å²) in [5.41, 5.74) is 0. The normalized spacial score (nSPS) is 11.7. The maximum Gasteiger partial charge on any atom is 0.230 e. The first-order valence-corrected chi connectivity index (χ1v) is 6.26. The monoisotopic (exact) mass is 278 g/mol. The molecule has 98 valence electrons. The van der Waals surface area contributed by atoms with E-state index in [1.165, 1.54) is 11.3 Å². The van der Waals surface area contributed by atoms with E-state index in [0.29, 0.717) is 11.7 Å². The summed E-state index contributed by atoms with van der Waals surface area (Å²) in [6.07, 6.45) is 1.96. The van der Waals surface area contributed by atoms with Crippen LogP contribution in [0.1, 0.15) is 25.3 Å². The molecular formula is C10H19ClN4OS. The van der Waals surface area contributed by atoms with E-state index in [-0.39, 0.29) is 24.2 Å². The molecule has 0 saturated carbocycles. The lowest BCUT2D eigenvalue weighted by atomic mass is 10.2. The zero-order valence-electron chi connectivity index (χ0n) is 10.3. The van der Waals surface area contributed by atoms with E-state index in [1.54, 1.807) is 0 Å². The Morgan fingerprint density at radius 3 is 2.76 bits per heavy atom. The van der Waals surface area contributed by atoms with Crippen LogP contribution in [0.25, 0.3) is 0 Å². The van der Waals surface area contributed by atoms with Crippen LogP contribution in [0.4, 0.5) is 5.13 Å². The van der Waals surface area contributed by atoms with Gasteiger partial charge in [-0.3, -0.25) is 4.79 Å². The second kappa shape index (κ2) is 8.38. The molecule has 0 fully saturated rings. The maximum absolute atomic E-state index is 11.7. The minimum Gasteiger partial charge on any atom is -0.319 e. The highest BCUT2D eigenvalue weighted by Crippen LogP contribution is 2.17. The number of amides is 1. The predicted octanol–water partition coefficient (Wildman–Crippen LogP) is 1.71. The summed E-state index contributed by atoms with van der Waals surface area (Å²) in [6, 6.07) is 0. The molecular weight excluding hydrogens is 260 g/mol. The fourth-order valence-electron chi connectivity index (χ4n) is 1.25. The quantitative estimate of drug-likeness (QED) is 0.831. The van der Waals surface area contributed by atoms with E-state index >= 15 is 0 Å². The Morgan fingerprint density at radius 1 is 1.47 bits per heavy atom. The first kappa shape index (κ1) is 16.3. The molecule has 2 N–H and O–H groups in total. The number of hydrogen-bond donors (Lipinski definition) is 2. The smallest absolute Gasteiger partial charge is 0.230 e. The Balaban J connectivity index is 0.00000256. The molecule has 0 aliphatic heterocycles. The highest BCUT2D eigenvalue weighted by molar-refractivity contribution is 7.15. The first-order valence-electron chi connectivity index (χ1n) is 5.45. The van der Waals surface area contributed by atoms with Crippen LogP contribution in [0.2, 0.25) is 0 Å². The summed E-state index contributed by atoms with van der Waals surface area (Å²) < 4.78 is 0. The molecule has 1 heterocycles. The molecule has 0 aromatic carbocycles. The Labute approximate surface area is 112 Å². The molecule has 0 spiro atoms. The lowest BCUT2D eigenvalue weighted by Gasteiger charge is -2.08. The average Bonchev–Trinajstić information content (AvgIpc) is 2.66. The van der Waals surface area contributed by atoms with Crippen molar-refractivity contribution in [3.63, 3.8) is 0 Å². The van der Waals surface area contributed by atoms with Gasteiger partial charge in [-0.15, -0.1) is 22.6 Å². The molecule has 1 amide bonds. The molecule has 0 saturated heterocycles. The molecule has 1 atom stereocenters. The number of anilines is 1. The van der Waals surface area contributed by atoms with E-state index in [9.17, 15) is 4.79 Å². The van der Waals surface area contributed by atoms with Crippen molar-refractivity contribution in [2.45, 2.75) is 26.7 Å². The molecule has 1 aromatic rings. The Kier molecular flexibility index (Phi) is 8.03. The molecule has 1 aromatic heterocycles. The maximum atomic E-state index is 11.7. The van der Waals surface area contributed by atoms with E-state index in [2.05, 4.69) is 27.8 Å². The van der Waals surface area contributed by atoms with Gasteiger partial charge in [-0.05, 0) is 13.5 Å². The van der Waals surface area contributed by atoms with Crippen LogP contribution in [0.5, 0.6) is 0 Å². The topological polar surface area (TPSA) is 66.9 Å². The molecule has 7 heteroatoms. The number of halogens is 1. The number of carbonyl (C=O) groups is 1. The van der Waals surface area contributed by atoms with Gasteiger partial charge >= 0.3 is 0 Å². The zero-order valence-corrected chi connectivity index (χ0v) is 12.0. The summed E-state index contributed by atoms with van der Waals surface area (Å²) in [7, 11) is 1.83. The Bertz CT molecular complexity index is 345. The van der Waals surface area contributed by atoms with Crippen molar-refractivity contribution in [1.82, 2.24) is 15.5 Å². The number of nitrogens with one attached hydrogen (secondary N) is 2. The van der Waals surface area contributed by atoms with E-state index < -0.39 is 0 Å². The van der Waals surface area contributed by atoms with Crippen molar-refractivity contribution < 1.29 is 4.79 Å². The van der Waals surface area contributed by atoms with Gasteiger partial charge in [0.05, 0.1) is 0 Å². The molecule has 0 aliphatic carbocycles. The highest BCUT2D eigenvalue weighted by atomic mass is 35.5. The Hall–Kier alpha value is -0.720. The van der Waals surface area contributed by atoms with Gasteiger partial charge in [-0.1, -0.05) is 25.2 Å². The third-order valence-corrected chi connectivity index (χ3v) is 3.02. The summed E-state index contributed by atoms with van der Waals surface area (Å²) in [6.45, 7) is 4.63. The van der Waals surface area contributed by atoms with Crippen molar-refractivity contribution in [3.05, 3.63) is 5.01 Å². The van der Waals surface area contributed by atoms with Gasteiger partial charge < -0.3 is 10.6 Å². The van der Waals surface area contributed by atoms with Crippen molar-refractivity contribution in [2.75, 3.05) is 18.9 Å². The van der Waals surface area contributed by atoms with E-state index in [1.807, 2.05) is 14.0 Å². The van der Waals surface area contributed by atoms with Crippen LogP contribution in [0, 0.1) is 5.92 Å². The minimum absolute atomic E-state index is 0. The molecule has 1 rings (SSSR count). The average molecular weight is 279 g/mol. The zero-order chi connectivity index (χ0) is 12.0. The lowest BCUT2D eigenvalue weighted by molar-refractivity contribution is -0.119.